The average Bonchev–Trinajstić information content (AvgIpc) is 2.42. The summed E-state index contributed by atoms with van der Waals surface area (Å²) in [5.74, 6) is -1.11. The smallest absolute Gasteiger partial charge is 0.325 e. The Labute approximate surface area is 119 Å². The molecule has 7 heteroatoms. The van der Waals surface area contributed by atoms with Crippen molar-refractivity contribution in [3.63, 3.8) is 0 Å². The number of nitrogens with zero attached hydrogens (tertiary/aromatic N) is 1. The summed E-state index contributed by atoms with van der Waals surface area (Å²) in [5.41, 5.74) is 0.998. The number of hydrogen-bond acceptors (Lipinski definition) is 3. The molecule has 2 aromatic rings. The van der Waals surface area contributed by atoms with E-state index in [2.05, 4.69) is 15.6 Å². The summed E-state index contributed by atoms with van der Waals surface area (Å²) >= 11 is 6.05. The van der Waals surface area contributed by atoms with Gasteiger partial charge in [-0.25, -0.2) is 4.79 Å². The molecule has 0 aliphatic carbocycles. The van der Waals surface area contributed by atoms with Gasteiger partial charge in [-0.1, -0.05) is 11.6 Å². The van der Waals surface area contributed by atoms with Crippen LogP contribution in [0.25, 0.3) is 10.9 Å². The summed E-state index contributed by atoms with van der Waals surface area (Å²) in [6.45, 7) is 1.38. The maximum absolute atomic E-state index is 11.7. The molecule has 0 fully saturated rings. The largest absolute Gasteiger partial charge is 0.480 e. The Balaban J connectivity index is 2.24. The van der Waals surface area contributed by atoms with Crippen LogP contribution in [-0.2, 0) is 4.79 Å². The molecule has 0 aliphatic heterocycles. The Morgan fingerprint density at radius 2 is 2.10 bits per heavy atom. The minimum Gasteiger partial charge on any atom is -0.480 e. The van der Waals surface area contributed by atoms with Gasteiger partial charge in [0, 0.05) is 11.6 Å². The van der Waals surface area contributed by atoms with E-state index >= 15 is 0 Å². The van der Waals surface area contributed by atoms with Gasteiger partial charge < -0.3 is 15.7 Å². The van der Waals surface area contributed by atoms with Gasteiger partial charge in [0.1, 0.15) is 6.04 Å². The zero-order chi connectivity index (χ0) is 14.7. The predicted molar refractivity (Wildman–Crippen MR) is 76.0 cm³/mol. The van der Waals surface area contributed by atoms with Gasteiger partial charge in [-0.15, -0.1) is 0 Å². The first-order valence-corrected chi connectivity index (χ1v) is 6.20. The minimum atomic E-state index is -1.11. The van der Waals surface area contributed by atoms with E-state index in [9.17, 15) is 9.59 Å². The Kier molecular flexibility index (Phi) is 4.05. The number of pyridine rings is 1. The zero-order valence-electron chi connectivity index (χ0n) is 10.6. The van der Waals surface area contributed by atoms with Crippen molar-refractivity contribution in [1.29, 1.82) is 0 Å². The van der Waals surface area contributed by atoms with Crippen LogP contribution < -0.4 is 10.6 Å². The number of carboxylic acid groups (broad SMARTS) is 1. The molecule has 1 aromatic carbocycles. The second-order valence-electron chi connectivity index (χ2n) is 4.15. The highest BCUT2D eigenvalue weighted by Crippen LogP contribution is 2.27. The van der Waals surface area contributed by atoms with Crippen molar-refractivity contribution in [3.05, 3.63) is 35.5 Å². The second-order valence-corrected chi connectivity index (χ2v) is 4.56. The van der Waals surface area contributed by atoms with Crippen LogP contribution in [0.4, 0.5) is 10.5 Å². The van der Waals surface area contributed by atoms with E-state index < -0.39 is 18.0 Å². The van der Waals surface area contributed by atoms with Crippen LogP contribution in [0.5, 0.6) is 0 Å². The molecular formula is C13H12ClN3O3. The first kappa shape index (κ1) is 14.1. The van der Waals surface area contributed by atoms with Gasteiger partial charge in [0.15, 0.2) is 0 Å². The van der Waals surface area contributed by atoms with Crippen molar-refractivity contribution in [1.82, 2.24) is 10.3 Å². The highest BCUT2D eigenvalue weighted by molar-refractivity contribution is 6.35. The van der Waals surface area contributed by atoms with E-state index in [1.54, 1.807) is 30.5 Å². The Hall–Kier alpha value is -2.34. The van der Waals surface area contributed by atoms with Crippen LogP contribution in [0, 0.1) is 0 Å². The fourth-order valence-corrected chi connectivity index (χ4v) is 1.87. The third kappa shape index (κ3) is 2.97. The Bertz CT molecular complexity index is 675. The first-order chi connectivity index (χ1) is 9.49. The molecule has 1 aromatic heterocycles. The van der Waals surface area contributed by atoms with Gasteiger partial charge in [0.2, 0.25) is 0 Å². The monoisotopic (exact) mass is 293 g/mol. The SMILES string of the molecule is C[C@H](NC(=O)Nc1ccc(Cl)c2cccnc12)C(=O)O. The van der Waals surface area contributed by atoms with E-state index in [4.69, 9.17) is 16.7 Å². The number of benzene rings is 1. The van der Waals surface area contributed by atoms with Gasteiger partial charge in [-0.05, 0) is 31.2 Å². The number of carboxylic acids is 1. The number of nitrogens with one attached hydrogen (secondary N) is 2. The van der Waals surface area contributed by atoms with Gasteiger partial charge in [-0.2, -0.15) is 0 Å². The molecule has 6 nitrogen and oxygen atoms in total. The van der Waals surface area contributed by atoms with Crippen LogP contribution in [0.2, 0.25) is 5.02 Å². The highest BCUT2D eigenvalue weighted by atomic mass is 35.5. The fourth-order valence-electron chi connectivity index (χ4n) is 1.66. The molecule has 1 heterocycles. The van der Waals surface area contributed by atoms with Crippen molar-refractivity contribution in [2.45, 2.75) is 13.0 Å². The normalized spacial score (nSPS) is 11.9. The number of urea groups is 1. The molecule has 1 atom stereocenters. The lowest BCUT2D eigenvalue weighted by atomic mass is 10.2. The molecule has 0 saturated heterocycles. The third-order valence-electron chi connectivity index (χ3n) is 2.68. The van der Waals surface area contributed by atoms with E-state index in [0.717, 1.165) is 0 Å². The Morgan fingerprint density at radius 3 is 2.80 bits per heavy atom. The lowest BCUT2D eigenvalue weighted by molar-refractivity contribution is -0.138. The van der Waals surface area contributed by atoms with E-state index in [1.807, 2.05) is 0 Å². The van der Waals surface area contributed by atoms with E-state index in [0.29, 0.717) is 21.6 Å². The standard InChI is InChI=1S/C13H12ClN3O3/c1-7(12(18)19)16-13(20)17-10-5-4-9(14)8-3-2-6-15-11(8)10/h2-7H,1H3,(H,18,19)(H2,16,17,20)/t7-/m0/s1. The highest BCUT2D eigenvalue weighted by Gasteiger charge is 2.15. The summed E-state index contributed by atoms with van der Waals surface area (Å²) in [4.78, 5) is 26.5. The summed E-state index contributed by atoms with van der Waals surface area (Å²) < 4.78 is 0. The molecule has 0 aliphatic rings. The zero-order valence-corrected chi connectivity index (χ0v) is 11.3. The number of anilines is 1. The molecule has 104 valence electrons. The quantitative estimate of drug-likeness (QED) is 0.811. The number of carbonyl (C=O) groups is 2. The summed E-state index contributed by atoms with van der Waals surface area (Å²) in [6, 6.07) is 5.18. The fraction of sp³-hybridized carbons (Fsp3) is 0.154. The lowest BCUT2D eigenvalue weighted by Gasteiger charge is -2.12. The number of halogens is 1. The van der Waals surface area contributed by atoms with E-state index in [-0.39, 0.29) is 0 Å². The van der Waals surface area contributed by atoms with Gasteiger partial charge in [-0.3, -0.25) is 9.78 Å². The number of fused-ring (bicyclic) bond motifs is 1. The minimum absolute atomic E-state index is 0.458. The van der Waals surface area contributed by atoms with Crippen LogP contribution in [0.15, 0.2) is 30.5 Å². The van der Waals surface area contributed by atoms with Crippen molar-refractivity contribution in [2.75, 3.05) is 5.32 Å². The van der Waals surface area contributed by atoms with Crippen LogP contribution in [-0.4, -0.2) is 28.1 Å². The molecule has 20 heavy (non-hydrogen) atoms. The summed E-state index contributed by atoms with van der Waals surface area (Å²) in [6.07, 6.45) is 1.58. The molecule has 2 rings (SSSR count). The van der Waals surface area contributed by atoms with Crippen molar-refractivity contribution >= 4 is 40.2 Å². The number of aromatic nitrogens is 1. The molecule has 2 amide bonds. The number of carbonyl (C=O) groups excluding carboxylic acids is 1. The van der Waals surface area contributed by atoms with Crippen LogP contribution in [0.1, 0.15) is 6.92 Å². The van der Waals surface area contributed by atoms with Crippen molar-refractivity contribution in [2.24, 2.45) is 0 Å². The van der Waals surface area contributed by atoms with Gasteiger partial charge in [0.25, 0.3) is 0 Å². The summed E-state index contributed by atoms with van der Waals surface area (Å²) in [5, 5.41) is 14.8. The number of amides is 2. The van der Waals surface area contributed by atoms with Gasteiger partial charge in [0.05, 0.1) is 16.2 Å². The van der Waals surface area contributed by atoms with Crippen molar-refractivity contribution < 1.29 is 14.7 Å². The van der Waals surface area contributed by atoms with Crippen LogP contribution >= 0.6 is 11.6 Å². The lowest BCUT2D eigenvalue weighted by Crippen LogP contribution is -2.40. The molecule has 0 bridgehead atoms. The first-order valence-electron chi connectivity index (χ1n) is 5.82. The molecule has 0 unspecified atom stereocenters. The number of rotatable bonds is 3. The average molecular weight is 294 g/mol. The summed E-state index contributed by atoms with van der Waals surface area (Å²) in [7, 11) is 0. The molecule has 0 radical (unpaired) electrons. The Morgan fingerprint density at radius 1 is 1.35 bits per heavy atom. The van der Waals surface area contributed by atoms with Crippen molar-refractivity contribution in [3.8, 4) is 0 Å². The second kappa shape index (κ2) is 5.75. The molecule has 0 spiro atoms. The topological polar surface area (TPSA) is 91.3 Å². The number of hydrogen-bond donors (Lipinski definition) is 3. The molecular weight excluding hydrogens is 282 g/mol. The van der Waals surface area contributed by atoms with Crippen LogP contribution in [0.3, 0.4) is 0 Å². The predicted octanol–water partition coefficient (Wildman–Crippen LogP) is 2.48. The van der Waals surface area contributed by atoms with E-state index in [1.165, 1.54) is 6.92 Å². The molecule has 0 saturated carbocycles. The third-order valence-corrected chi connectivity index (χ3v) is 3.01. The maximum Gasteiger partial charge on any atom is 0.325 e. The maximum atomic E-state index is 11.7. The molecule has 3 N–H and O–H groups in total. The van der Waals surface area contributed by atoms with Gasteiger partial charge >= 0.3 is 12.0 Å². The number of aliphatic carboxylic acids is 1.